The molecule has 3 aromatic rings. The Kier molecular flexibility index (Phi) is 6.01. The summed E-state index contributed by atoms with van der Waals surface area (Å²) in [5.41, 5.74) is 1.24. The van der Waals surface area contributed by atoms with E-state index in [-0.39, 0.29) is 0 Å². The average molecular weight is 335 g/mol. The topological polar surface area (TPSA) is 0 Å². The van der Waals surface area contributed by atoms with Crippen LogP contribution in [0.3, 0.4) is 0 Å². The van der Waals surface area contributed by atoms with E-state index in [1.807, 2.05) is 29.6 Å². The molecular formula is C21H18S2. The van der Waals surface area contributed by atoms with Gasteiger partial charge in [-0.15, -0.1) is 23.5 Å². The predicted molar refractivity (Wildman–Crippen MR) is 104 cm³/mol. The van der Waals surface area contributed by atoms with E-state index in [1.54, 1.807) is 0 Å². The summed E-state index contributed by atoms with van der Waals surface area (Å²) < 4.78 is 0.333. The molecule has 23 heavy (non-hydrogen) atoms. The molecule has 2 heteroatoms. The first kappa shape index (κ1) is 16.0. The second kappa shape index (κ2) is 8.66. The van der Waals surface area contributed by atoms with Gasteiger partial charge in [-0.05, 0) is 29.8 Å². The zero-order valence-corrected chi connectivity index (χ0v) is 14.3. The SMILES string of the molecule is C(=CC(Sc1ccccc1)Sc1ccccc1)c1ccccc1. The van der Waals surface area contributed by atoms with Crippen molar-refractivity contribution in [3.05, 3.63) is 103 Å². The smallest absolute Gasteiger partial charge is 0.0779 e. The van der Waals surface area contributed by atoms with Crippen LogP contribution in [0.5, 0.6) is 0 Å². The van der Waals surface area contributed by atoms with Crippen LogP contribution in [0.1, 0.15) is 5.56 Å². The second-order valence-corrected chi connectivity index (χ2v) is 7.73. The summed E-state index contributed by atoms with van der Waals surface area (Å²) in [4.78, 5) is 2.58. The largest absolute Gasteiger partial charge is 0.107 e. The van der Waals surface area contributed by atoms with Gasteiger partial charge in [-0.25, -0.2) is 0 Å². The zero-order chi connectivity index (χ0) is 15.7. The molecule has 0 aliphatic carbocycles. The van der Waals surface area contributed by atoms with Crippen molar-refractivity contribution in [2.75, 3.05) is 0 Å². The highest BCUT2D eigenvalue weighted by Crippen LogP contribution is 2.36. The molecule has 0 aliphatic rings. The third-order valence-corrected chi connectivity index (χ3v) is 5.68. The van der Waals surface area contributed by atoms with Gasteiger partial charge in [0.05, 0.1) is 4.58 Å². The van der Waals surface area contributed by atoms with Crippen molar-refractivity contribution in [2.24, 2.45) is 0 Å². The molecule has 0 saturated heterocycles. The molecule has 114 valence electrons. The fraction of sp³-hybridized carbons (Fsp3) is 0.0476. The van der Waals surface area contributed by atoms with Crippen LogP contribution in [-0.4, -0.2) is 4.58 Å². The van der Waals surface area contributed by atoms with E-state index < -0.39 is 0 Å². The van der Waals surface area contributed by atoms with Gasteiger partial charge in [0.15, 0.2) is 0 Å². The Balaban J connectivity index is 1.76. The highest BCUT2D eigenvalue weighted by Gasteiger charge is 2.09. The lowest BCUT2D eigenvalue weighted by Gasteiger charge is -2.12. The molecule has 0 amide bonds. The molecule has 0 unspecified atom stereocenters. The van der Waals surface area contributed by atoms with Crippen LogP contribution in [0, 0.1) is 0 Å². The number of rotatable bonds is 6. The third kappa shape index (κ3) is 5.34. The van der Waals surface area contributed by atoms with Crippen molar-refractivity contribution in [2.45, 2.75) is 14.4 Å². The Bertz CT molecular complexity index is 680. The average Bonchev–Trinajstić information content (AvgIpc) is 2.62. The minimum atomic E-state index is 0.333. The highest BCUT2D eigenvalue weighted by atomic mass is 32.2. The summed E-state index contributed by atoms with van der Waals surface area (Å²) in [6.07, 6.45) is 4.49. The van der Waals surface area contributed by atoms with Gasteiger partial charge < -0.3 is 0 Å². The first-order chi connectivity index (χ1) is 11.4. The monoisotopic (exact) mass is 334 g/mol. The van der Waals surface area contributed by atoms with Gasteiger partial charge >= 0.3 is 0 Å². The van der Waals surface area contributed by atoms with Crippen LogP contribution in [-0.2, 0) is 0 Å². The maximum atomic E-state index is 2.28. The lowest BCUT2D eigenvalue weighted by atomic mass is 10.2. The Morgan fingerprint density at radius 3 is 1.48 bits per heavy atom. The van der Waals surface area contributed by atoms with E-state index in [9.17, 15) is 0 Å². The molecule has 0 radical (unpaired) electrons. The molecule has 0 saturated carbocycles. The van der Waals surface area contributed by atoms with Crippen LogP contribution < -0.4 is 0 Å². The van der Waals surface area contributed by atoms with E-state index in [0.29, 0.717) is 4.58 Å². The fourth-order valence-corrected chi connectivity index (χ4v) is 4.46. The van der Waals surface area contributed by atoms with Gasteiger partial charge in [-0.2, -0.15) is 0 Å². The molecule has 0 nitrogen and oxygen atoms in total. The minimum Gasteiger partial charge on any atom is -0.107 e. The van der Waals surface area contributed by atoms with Gasteiger partial charge in [0.2, 0.25) is 0 Å². The van der Waals surface area contributed by atoms with E-state index in [0.717, 1.165) is 0 Å². The summed E-state index contributed by atoms with van der Waals surface area (Å²) in [5.74, 6) is 0. The van der Waals surface area contributed by atoms with Crippen LogP contribution >= 0.6 is 23.5 Å². The Labute approximate surface area is 146 Å². The van der Waals surface area contributed by atoms with Crippen molar-refractivity contribution in [3.8, 4) is 0 Å². The Morgan fingerprint density at radius 2 is 1.00 bits per heavy atom. The molecule has 0 aliphatic heterocycles. The van der Waals surface area contributed by atoms with Crippen molar-refractivity contribution >= 4 is 29.6 Å². The molecule has 0 aromatic heterocycles. The zero-order valence-electron chi connectivity index (χ0n) is 12.7. The van der Waals surface area contributed by atoms with E-state index in [1.165, 1.54) is 15.4 Å². The number of benzene rings is 3. The van der Waals surface area contributed by atoms with Gasteiger partial charge in [0.25, 0.3) is 0 Å². The molecule has 0 heterocycles. The minimum absolute atomic E-state index is 0.333. The summed E-state index contributed by atoms with van der Waals surface area (Å²) in [6.45, 7) is 0. The van der Waals surface area contributed by atoms with Crippen molar-refractivity contribution < 1.29 is 0 Å². The van der Waals surface area contributed by atoms with Crippen LogP contribution in [0.2, 0.25) is 0 Å². The van der Waals surface area contributed by atoms with Crippen molar-refractivity contribution in [1.82, 2.24) is 0 Å². The quantitative estimate of drug-likeness (QED) is 0.367. The second-order valence-electron chi connectivity index (χ2n) is 5.00. The number of thioether (sulfide) groups is 2. The number of hydrogen-bond acceptors (Lipinski definition) is 2. The van der Waals surface area contributed by atoms with E-state index >= 15 is 0 Å². The number of hydrogen-bond donors (Lipinski definition) is 0. The molecule has 0 N–H and O–H groups in total. The fourth-order valence-electron chi connectivity index (χ4n) is 2.12. The van der Waals surface area contributed by atoms with Crippen molar-refractivity contribution in [1.29, 1.82) is 0 Å². The highest BCUT2D eigenvalue weighted by molar-refractivity contribution is 8.17. The standard InChI is InChI=1S/C21H18S2/c1-4-10-18(11-5-1)16-17-21(22-19-12-6-2-7-13-19)23-20-14-8-3-9-15-20/h1-17,21H. The normalized spacial score (nSPS) is 11.2. The van der Waals surface area contributed by atoms with Crippen LogP contribution in [0.4, 0.5) is 0 Å². The molecule has 3 aromatic carbocycles. The Morgan fingerprint density at radius 1 is 0.565 bits per heavy atom. The van der Waals surface area contributed by atoms with Gasteiger partial charge in [-0.1, -0.05) is 78.9 Å². The molecule has 0 fully saturated rings. The van der Waals surface area contributed by atoms with Crippen molar-refractivity contribution in [3.63, 3.8) is 0 Å². The predicted octanol–water partition coefficient (Wildman–Crippen LogP) is 6.61. The third-order valence-electron chi connectivity index (χ3n) is 3.24. The van der Waals surface area contributed by atoms with E-state index in [2.05, 4.69) is 97.1 Å². The molecule has 0 spiro atoms. The lowest BCUT2D eigenvalue weighted by molar-refractivity contribution is 1.43. The first-order valence-corrected chi connectivity index (χ1v) is 9.33. The van der Waals surface area contributed by atoms with E-state index in [4.69, 9.17) is 0 Å². The maximum absolute atomic E-state index is 2.28. The Hall–Kier alpha value is -1.90. The van der Waals surface area contributed by atoms with Gasteiger partial charge in [0, 0.05) is 9.79 Å². The van der Waals surface area contributed by atoms with Crippen LogP contribution in [0.15, 0.2) is 107 Å². The van der Waals surface area contributed by atoms with Crippen LogP contribution in [0.25, 0.3) is 6.08 Å². The summed E-state index contributed by atoms with van der Waals surface area (Å²) in [5, 5.41) is 0. The van der Waals surface area contributed by atoms with Gasteiger partial charge in [-0.3, -0.25) is 0 Å². The first-order valence-electron chi connectivity index (χ1n) is 7.57. The lowest BCUT2D eigenvalue weighted by Crippen LogP contribution is -1.91. The molecule has 0 atom stereocenters. The molecular weight excluding hydrogens is 316 g/mol. The summed E-state index contributed by atoms with van der Waals surface area (Å²) in [6, 6.07) is 31.6. The summed E-state index contributed by atoms with van der Waals surface area (Å²) >= 11 is 3.76. The summed E-state index contributed by atoms with van der Waals surface area (Å²) in [7, 11) is 0. The molecule has 3 rings (SSSR count). The maximum Gasteiger partial charge on any atom is 0.0779 e. The van der Waals surface area contributed by atoms with Gasteiger partial charge in [0.1, 0.15) is 0 Å². The molecule has 0 bridgehead atoms.